The van der Waals surface area contributed by atoms with Crippen molar-refractivity contribution in [2.75, 3.05) is 26.2 Å². The summed E-state index contributed by atoms with van der Waals surface area (Å²) in [7, 11) is 0. The van der Waals surface area contributed by atoms with Crippen LogP contribution in [0.25, 0.3) is 0 Å². The van der Waals surface area contributed by atoms with E-state index in [1.807, 2.05) is 0 Å². The van der Waals surface area contributed by atoms with E-state index in [0.717, 1.165) is 32.6 Å². The normalized spacial score (nSPS) is 26.2. The molecule has 1 aliphatic heterocycles. The first-order valence-corrected chi connectivity index (χ1v) is 6.61. The van der Waals surface area contributed by atoms with Gasteiger partial charge in [-0.2, -0.15) is 0 Å². The van der Waals surface area contributed by atoms with Crippen molar-refractivity contribution in [1.29, 1.82) is 0 Å². The highest BCUT2D eigenvalue weighted by molar-refractivity contribution is 4.84. The first-order chi connectivity index (χ1) is 7.47. The maximum absolute atomic E-state index is 9.50. The molecule has 3 nitrogen and oxygen atoms in total. The van der Waals surface area contributed by atoms with Gasteiger partial charge < -0.3 is 15.3 Å². The third-order valence-electron chi connectivity index (χ3n) is 2.92. The number of hydrogen-bond donors (Lipinski definition) is 2. The van der Waals surface area contributed by atoms with Crippen molar-refractivity contribution < 1.29 is 5.11 Å². The van der Waals surface area contributed by atoms with Gasteiger partial charge in [0.1, 0.15) is 0 Å². The molecule has 16 heavy (non-hydrogen) atoms. The standard InChI is InChI=1S/C13H28N2O/c1-10(2)7-15(8-11(3)4)9-12-5-13(16)6-14-12/h10-14,16H,5-9H2,1-4H3. The Morgan fingerprint density at radius 1 is 1.19 bits per heavy atom. The van der Waals surface area contributed by atoms with E-state index in [-0.39, 0.29) is 6.10 Å². The number of β-amino-alcohol motifs (C(OH)–C–C–N with tert-alkyl or cyclic N) is 1. The van der Waals surface area contributed by atoms with Crippen LogP contribution in [0.1, 0.15) is 34.1 Å². The molecule has 1 fully saturated rings. The molecule has 2 unspecified atom stereocenters. The Labute approximate surface area is 100 Å². The number of nitrogens with one attached hydrogen (secondary N) is 1. The first-order valence-electron chi connectivity index (χ1n) is 6.61. The first kappa shape index (κ1) is 13.9. The third kappa shape index (κ3) is 5.28. The lowest BCUT2D eigenvalue weighted by Gasteiger charge is -2.28. The Morgan fingerprint density at radius 2 is 1.75 bits per heavy atom. The topological polar surface area (TPSA) is 35.5 Å². The molecule has 0 radical (unpaired) electrons. The maximum atomic E-state index is 9.50. The largest absolute Gasteiger partial charge is 0.392 e. The molecule has 0 amide bonds. The molecule has 2 atom stereocenters. The third-order valence-corrected chi connectivity index (χ3v) is 2.92. The highest BCUT2D eigenvalue weighted by atomic mass is 16.3. The lowest BCUT2D eigenvalue weighted by atomic mass is 10.1. The summed E-state index contributed by atoms with van der Waals surface area (Å²) in [5, 5.41) is 12.9. The summed E-state index contributed by atoms with van der Waals surface area (Å²) in [5.41, 5.74) is 0. The van der Waals surface area contributed by atoms with Gasteiger partial charge in [-0.05, 0) is 18.3 Å². The predicted molar refractivity (Wildman–Crippen MR) is 68.5 cm³/mol. The van der Waals surface area contributed by atoms with Crippen LogP contribution < -0.4 is 5.32 Å². The minimum Gasteiger partial charge on any atom is -0.392 e. The molecule has 0 aromatic heterocycles. The van der Waals surface area contributed by atoms with Crippen LogP contribution >= 0.6 is 0 Å². The van der Waals surface area contributed by atoms with Crippen LogP contribution in [0.15, 0.2) is 0 Å². The second-order valence-corrected chi connectivity index (χ2v) is 6.00. The van der Waals surface area contributed by atoms with Crippen LogP contribution in [0.3, 0.4) is 0 Å². The highest BCUT2D eigenvalue weighted by Crippen LogP contribution is 2.11. The Hall–Kier alpha value is -0.120. The molecule has 2 N–H and O–H groups in total. The van der Waals surface area contributed by atoms with Gasteiger partial charge in [0.05, 0.1) is 6.10 Å². The number of aliphatic hydroxyl groups excluding tert-OH is 1. The van der Waals surface area contributed by atoms with Gasteiger partial charge in [-0.3, -0.25) is 0 Å². The molecule has 1 rings (SSSR count). The van der Waals surface area contributed by atoms with Gasteiger partial charge in [0, 0.05) is 32.2 Å². The molecule has 0 aliphatic carbocycles. The molecule has 3 heteroatoms. The smallest absolute Gasteiger partial charge is 0.0680 e. The molecule has 0 bridgehead atoms. The molecule has 0 saturated carbocycles. The van der Waals surface area contributed by atoms with E-state index in [2.05, 4.69) is 37.9 Å². The van der Waals surface area contributed by atoms with Crippen molar-refractivity contribution in [3.63, 3.8) is 0 Å². The molecule has 1 heterocycles. The van der Waals surface area contributed by atoms with Crippen molar-refractivity contribution in [1.82, 2.24) is 10.2 Å². The van der Waals surface area contributed by atoms with E-state index in [4.69, 9.17) is 0 Å². The average Bonchev–Trinajstić information content (AvgIpc) is 2.48. The number of rotatable bonds is 6. The van der Waals surface area contributed by atoms with Gasteiger partial charge in [0.25, 0.3) is 0 Å². The van der Waals surface area contributed by atoms with Crippen molar-refractivity contribution >= 4 is 0 Å². The van der Waals surface area contributed by atoms with E-state index in [0.29, 0.717) is 17.9 Å². The minimum atomic E-state index is -0.134. The lowest BCUT2D eigenvalue weighted by Crippen LogP contribution is -2.41. The Balaban J connectivity index is 2.36. The average molecular weight is 228 g/mol. The quantitative estimate of drug-likeness (QED) is 0.720. The fourth-order valence-corrected chi connectivity index (χ4v) is 2.50. The summed E-state index contributed by atoms with van der Waals surface area (Å²) in [4.78, 5) is 2.53. The molecule has 1 saturated heterocycles. The van der Waals surface area contributed by atoms with Crippen LogP contribution in [-0.4, -0.2) is 48.3 Å². The summed E-state index contributed by atoms with van der Waals surface area (Å²) < 4.78 is 0. The van der Waals surface area contributed by atoms with Crippen molar-refractivity contribution in [2.45, 2.75) is 46.3 Å². The maximum Gasteiger partial charge on any atom is 0.0680 e. The Morgan fingerprint density at radius 3 is 2.12 bits per heavy atom. The summed E-state index contributed by atoms with van der Waals surface area (Å²) in [6.07, 6.45) is 0.775. The van der Waals surface area contributed by atoms with E-state index in [9.17, 15) is 5.11 Å². The van der Waals surface area contributed by atoms with E-state index < -0.39 is 0 Å². The summed E-state index contributed by atoms with van der Waals surface area (Å²) in [6.45, 7) is 13.2. The van der Waals surface area contributed by atoms with Crippen LogP contribution in [0, 0.1) is 11.8 Å². The zero-order chi connectivity index (χ0) is 12.1. The molecule has 1 aliphatic rings. The second kappa shape index (κ2) is 6.58. The van der Waals surface area contributed by atoms with Crippen LogP contribution in [0.2, 0.25) is 0 Å². The molecule has 96 valence electrons. The summed E-state index contributed by atoms with van der Waals surface area (Å²) >= 11 is 0. The van der Waals surface area contributed by atoms with Gasteiger partial charge in [-0.25, -0.2) is 0 Å². The van der Waals surface area contributed by atoms with E-state index in [1.54, 1.807) is 0 Å². The Kier molecular flexibility index (Phi) is 5.73. The molecule has 0 aromatic carbocycles. The fraction of sp³-hybridized carbons (Fsp3) is 1.00. The van der Waals surface area contributed by atoms with Crippen molar-refractivity contribution in [3.05, 3.63) is 0 Å². The molecular weight excluding hydrogens is 200 g/mol. The number of aliphatic hydroxyl groups is 1. The Bertz CT molecular complexity index is 184. The highest BCUT2D eigenvalue weighted by Gasteiger charge is 2.24. The second-order valence-electron chi connectivity index (χ2n) is 6.00. The van der Waals surface area contributed by atoms with Crippen LogP contribution in [0.5, 0.6) is 0 Å². The van der Waals surface area contributed by atoms with Gasteiger partial charge in [-0.1, -0.05) is 27.7 Å². The van der Waals surface area contributed by atoms with Gasteiger partial charge >= 0.3 is 0 Å². The van der Waals surface area contributed by atoms with Gasteiger partial charge in [0.2, 0.25) is 0 Å². The zero-order valence-corrected chi connectivity index (χ0v) is 11.2. The fourth-order valence-electron chi connectivity index (χ4n) is 2.50. The predicted octanol–water partition coefficient (Wildman–Crippen LogP) is 1.32. The molecular formula is C13H28N2O. The number of hydrogen-bond acceptors (Lipinski definition) is 3. The zero-order valence-electron chi connectivity index (χ0n) is 11.2. The lowest BCUT2D eigenvalue weighted by molar-refractivity contribution is 0.177. The van der Waals surface area contributed by atoms with Crippen LogP contribution in [0.4, 0.5) is 0 Å². The summed E-state index contributed by atoms with van der Waals surface area (Å²) in [5.74, 6) is 1.43. The van der Waals surface area contributed by atoms with Crippen molar-refractivity contribution in [2.24, 2.45) is 11.8 Å². The van der Waals surface area contributed by atoms with Crippen LogP contribution in [-0.2, 0) is 0 Å². The van der Waals surface area contributed by atoms with Gasteiger partial charge in [-0.15, -0.1) is 0 Å². The summed E-state index contributed by atoms with van der Waals surface area (Å²) in [6, 6.07) is 0.479. The molecule has 0 spiro atoms. The SMILES string of the molecule is CC(C)CN(CC(C)C)CC1CC(O)CN1. The number of nitrogens with zero attached hydrogens (tertiary/aromatic N) is 1. The minimum absolute atomic E-state index is 0.134. The van der Waals surface area contributed by atoms with E-state index in [1.165, 1.54) is 0 Å². The van der Waals surface area contributed by atoms with Crippen molar-refractivity contribution in [3.8, 4) is 0 Å². The van der Waals surface area contributed by atoms with Gasteiger partial charge in [0.15, 0.2) is 0 Å². The van der Waals surface area contributed by atoms with E-state index >= 15 is 0 Å². The molecule has 0 aromatic rings. The monoisotopic (exact) mass is 228 g/mol.